The second-order valence-corrected chi connectivity index (χ2v) is 7.75. The number of hydrogen-bond donors (Lipinski definition) is 3. The van der Waals surface area contributed by atoms with Crippen LogP contribution in [0.4, 0.5) is 4.39 Å². The molecule has 3 unspecified atom stereocenters. The molecular weight excluding hydrogens is 439 g/mol. The lowest BCUT2D eigenvalue weighted by molar-refractivity contribution is -0.176. The largest absolute Gasteiger partial charge is 0.481 e. The van der Waals surface area contributed by atoms with Crippen LogP contribution in [0.15, 0.2) is 24.3 Å². The second-order valence-electron chi connectivity index (χ2n) is 7.75. The van der Waals surface area contributed by atoms with Gasteiger partial charge in [-0.1, -0.05) is 12.1 Å². The summed E-state index contributed by atoms with van der Waals surface area (Å²) >= 11 is 0. The van der Waals surface area contributed by atoms with Gasteiger partial charge in [0, 0.05) is 13.0 Å². The number of fused-ring (bicyclic) bond motifs is 1. The van der Waals surface area contributed by atoms with Gasteiger partial charge in [0.25, 0.3) is 11.8 Å². The number of halogens is 1. The average Bonchev–Trinajstić information content (AvgIpc) is 2.90. The predicted octanol–water partition coefficient (Wildman–Crippen LogP) is -0.389. The van der Waals surface area contributed by atoms with Crippen LogP contribution < -0.4 is 10.6 Å². The normalized spacial score (nSPS) is 21.5. The molecule has 4 amide bonds. The Hall–Kier alpha value is -3.83. The van der Waals surface area contributed by atoms with Crippen molar-refractivity contribution in [2.45, 2.75) is 50.2 Å². The number of nitrogens with one attached hydrogen (secondary N) is 2. The summed E-state index contributed by atoms with van der Waals surface area (Å²) in [5, 5.41) is 15.7. The van der Waals surface area contributed by atoms with Crippen LogP contribution in [0.1, 0.15) is 42.5 Å². The van der Waals surface area contributed by atoms with Crippen LogP contribution in [0.25, 0.3) is 0 Å². The number of hydrogen-bond acceptors (Lipinski definition) is 6. The van der Waals surface area contributed by atoms with Crippen molar-refractivity contribution in [1.29, 1.82) is 0 Å². The summed E-state index contributed by atoms with van der Waals surface area (Å²) in [6, 6.07) is 1.54. The number of carbonyl (C=O) groups is 6. The highest BCUT2D eigenvalue weighted by Gasteiger charge is 2.45. The van der Waals surface area contributed by atoms with E-state index in [2.05, 4.69) is 10.6 Å². The van der Waals surface area contributed by atoms with E-state index in [1.807, 2.05) is 0 Å². The zero-order valence-corrected chi connectivity index (χ0v) is 17.5. The van der Waals surface area contributed by atoms with Crippen LogP contribution in [0.2, 0.25) is 0 Å². The number of aliphatic carboxylic acids is 1. The molecule has 2 heterocycles. The summed E-state index contributed by atoms with van der Waals surface area (Å²) in [6.45, 7) is 0.175. The third kappa shape index (κ3) is 5.33. The topological polar surface area (TPSA) is 153 Å². The van der Waals surface area contributed by atoms with Crippen LogP contribution in [-0.4, -0.2) is 75.7 Å². The smallest absolute Gasteiger partial charge is 0.305 e. The molecule has 2 aliphatic rings. The number of nitrogens with zero attached hydrogens (tertiary/aromatic N) is 2. The van der Waals surface area contributed by atoms with E-state index in [1.165, 1.54) is 18.2 Å². The minimum Gasteiger partial charge on any atom is -0.481 e. The Balaban J connectivity index is 1.82. The number of amides is 4. The van der Waals surface area contributed by atoms with Crippen molar-refractivity contribution in [3.63, 3.8) is 0 Å². The number of aldehydes is 1. The quantitative estimate of drug-likeness (QED) is 0.467. The number of hydrazine groups is 1. The average molecular weight is 462 g/mol. The van der Waals surface area contributed by atoms with Crippen LogP contribution in [0, 0.1) is 5.82 Å². The van der Waals surface area contributed by atoms with Gasteiger partial charge in [-0.3, -0.25) is 29.0 Å². The van der Waals surface area contributed by atoms with E-state index in [0.29, 0.717) is 6.42 Å². The third-order valence-electron chi connectivity index (χ3n) is 5.47. The fourth-order valence-electron chi connectivity index (χ4n) is 3.89. The minimum absolute atomic E-state index is 0.0465. The van der Waals surface area contributed by atoms with Crippen LogP contribution in [-0.2, 0) is 24.0 Å². The van der Waals surface area contributed by atoms with Gasteiger partial charge in [-0.05, 0) is 31.4 Å². The fourth-order valence-corrected chi connectivity index (χ4v) is 3.89. The molecule has 11 nitrogen and oxygen atoms in total. The molecule has 2 aliphatic heterocycles. The van der Waals surface area contributed by atoms with Crippen molar-refractivity contribution in [3.05, 3.63) is 35.6 Å². The zero-order valence-electron chi connectivity index (χ0n) is 17.5. The highest BCUT2D eigenvalue weighted by Crippen LogP contribution is 2.25. The Morgan fingerprint density at radius 3 is 2.61 bits per heavy atom. The number of benzene rings is 1. The number of carboxylic acid groups (broad SMARTS) is 1. The molecule has 0 saturated carbocycles. The van der Waals surface area contributed by atoms with Crippen LogP contribution in [0.5, 0.6) is 0 Å². The predicted molar refractivity (Wildman–Crippen MR) is 109 cm³/mol. The number of rotatable bonds is 7. The summed E-state index contributed by atoms with van der Waals surface area (Å²) in [4.78, 5) is 73.3. The van der Waals surface area contributed by atoms with Gasteiger partial charge in [0.05, 0.1) is 18.0 Å². The molecule has 1 aromatic carbocycles. The van der Waals surface area contributed by atoms with E-state index in [9.17, 15) is 33.2 Å². The van der Waals surface area contributed by atoms with Crippen molar-refractivity contribution in [3.8, 4) is 0 Å². The van der Waals surface area contributed by atoms with Gasteiger partial charge in [-0.2, -0.15) is 0 Å². The molecule has 0 radical (unpaired) electrons. The Labute approximate surface area is 187 Å². The zero-order chi connectivity index (χ0) is 24.1. The summed E-state index contributed by atoms with van der Waals surface area (Å²) in [7, 11) is 0. The Kier molecular flexibility index (Phi) is 7.36. The molecule has 0 spiro atoms. The van der Waals surface area contributed by atoms with Gasteiger partial charge >= 0.3 is 5.97 Å². The summed E-state index contributed by atoms with van der Waals surface area (Å²) in [5.74, 6) is -4.86. The maximum Gasteiger partial charge on any atom is 0.305 e. The lowest BCUT2D eigenvalue weighted by Gasteiger charge is -2.43. The molecule has 0 bridgehead atoms. The lowest BCUT2D eigenvalue weighted by atomic mass is 10.0. The Bertz CT molecular complexity index is 985. The molecule has 2 saturated heterocycles. The van der Waals surface area contributed by atoms with E-state index in [0.717, 1.165) is 16.1 Å². The van der Waals surface area contributed by atoms with E-state index >= 15 is 0 Å². The second kappa shape index (κ2) is 10.2. The molecule has 1 aromatic rings. The van der Waals surface area contributed by atoms with Crippen LogP contribution >= 0.6 is 0 Å². The van der Waals surface area contributed by atoms with Crippen molar-refractivity contribution < 1.29 is 38.3 Å². The van der Waals surface area contributed by atoms with Gasteiger partial charge in [0.1, 0.15) is 24.2 Å². The molecule has 12 heteroatoms. The Morgan fingerprint density at radius 2 is 1.94 bits per heavy atom. The van der Waals surface area contributed by atoms with Crippen molar-refractivity contribution in [2.75, 3.05) is 6.54 Å². The summed E-state index contributed by atoms with van der Waals surface area (Å²) < 4.78 is 14.0. The molecule has 3 rings (SSSR count). The third-order valence-corrected chi connectivity index (χ3v) is 5.47. The molecule has 0 aliphatic carbocycles. The van der Waals surface area contributed by atoms with Gasteiger partial charge in [-0.15, -0.1) is 0 Å². The van der Waals surface area contributed by atoms with E-state index in [4.69, 9.17) is 5.11 Å². The number of carbonyl (C=O) groups excluding carboxylic acids is 5. The highest BCUT2D eigenvalue weighted by atomic mass is 19.1. The summed E-state index contributed by atoms with van der Waals surface area (Å²) in [6.07, 6.45) is 0.0573. The SMILES string of the molecule is O=CC(CC(=O)O)NC(=O)C1CCCN2C(=O)CCC(NC(=O)c3ccccc3F)C(=O)N12. The summed E-state index contributed by atoms with van der Waals surface area (Å²) in [5.41, 5.74) is -0.270. The van der Waals surface area contributed by atoms with Gasteiger partial charge in [0.15, 0.2) is 0 Å². The van der Waals surface area contributed by atoms with Gasteiger partial charge in [-0.25, -0.2) is 9.40 Å². The standard InChI is InChI=1S/C21H23FN4O7/c22-14-5-2-1-4-13(14)19(31)24-15-7-8-17(28)25-9-3-6-16(26(25)21(15)33)20(32)23-12(11-27)10-18(29)30/h1-2,4-5,11-12,15-16H,3,6-10H2,(H,23,32)(H,24,31)(H,29,30). The molecule has 3 atom stereocenters. The van der Waals surface area contributed by atoms with Crippen molar-refractivity contribution >= 4 is 35.9 Å². The van der Waals surface area contributed by atoms with E-state index in [1.54, 1.807) is 0 Å². The monoisotopic (exact) mass is 462 g/mol. The van der Waals surface area contributed by atoms with Crippen molar-refractivity contribution in [1.82, 2.24) is 20.7 Å². The maximum atomic E-state index is 14.0. The van der Waals surface area contributed by atoms with Gasteiger partial charge < -0.3 is 20.5 Å². The van der Waals surface area contributed by atoms with E-state index in [-0.39, 0.29) is 37.7 Å². The molecule has 33 heavy (non-hydrogen) atoms. The minimum atomic E-state index is -1.31. The maximum absolute atomic E-state index is 14.0. The van der Waals surface area contributed by atoms with E-state index < -0.39 is 60.0 Å². The first kappa shape index (κ1) is 23.8. The Morgan fingerprint density at radius 1 is 1.21 bits per heavy atom. The van der Waals surface area contributed by atoms with Crippen LogP contribution in [0.3, 0.4) is 0 Å². The fraction of sp³-hybridized carbons (Fsp3) is 0.429. The number of carboxylic acids is 1. The molecular formula is C21H23FN4O7. The highest BCUT2D eigenvalue weighted by molar-refractivity contribution is 6.00. The lowest BCUT2D eigenvalue weighted by Crippen LogP contribution is -2.64. The molecule has 2 fully saturated rings. The first-order chi connectivity index (χ1) is 15.7. The molecule has 3 N–H and O–H groups in total. The van der Waals surface area contributed by atoms with Crippen molar-refractivity contribution in [2.24, 2.45) is 0 Å². The first-order valence-electron chi connectivity index (χ1n) is 10.4. The van der Waals surface area contributed by atoms with Gasteiger partial charge in [0.2, 0.25) is 11.8 Å². The first-order valence-corrected chi connectivity index (χ1v) is 10.4. The molecule has 0 aromatic heterocycles. The molecule has 176 valence electrons.